The van der Waals surface area contributed by atoms with Gasteiger partial charge in [-0.2, -0.15) is 0 Å². The highest BCUT2D eigenvalue weighted by Crippen LogP contribution is 2.32. The molecular formula is C38H42O8. The number of rotatable bonds is 15. The zero-order valence-corrected chi connectivity index (χ0v) is 26.3. The molecular weight excluding hydrogens is 584 g/mol. The quantitative estimate of drug-likeness (QED) is 0.143. The summed E-state index contributed by atoms with van der Waals surface area (Å²) in [6.07, 6.45) is -4.88. The molecule has 0 aromatic heterocycles. The molecule has 0 bridgehead atoms. The smallest absolute Gasteiger partial charge is 0.303 e. The number of benzene rings is 4. The fourth-order valence-corrected chi connectivity index (χ4v) is 5.45. The van der Waals surface area contributed by atoms with Gasteiger partial charge in [0.05, 0.1) is 33.0 Å². The van der Waals surface area contributed by atoms with E-state index < -0.39 is 42.8 Å². The third-order valence-corrected chi connectivity index (χ3v) is 7.70. The summed E-state index contributed by atoms with van der Waals surface area (Å²) in [7, 11) is 1.52. The van der Waals surface area contributed by atoms with E-state index in [0.717, 1.165) is 22.3 Å². The Bertz CT molecular complexity index is 1420. The summed E-state index contributed by atoms with van der Waals surface area (Å²) in [5, 5.41) is 0. The van der Waals surface area contributed by atoms with Gasteiger partial charge in [0.25, 0.3) is 0 Å². The van der Waals surface area contributed by atoms with Gasteiger partial charge in [-0.3, -0.25) is 4.79 Å². The number of carbonyl (C=O) groups excluding carboxylic acids is 1. The summed E-state index contributed by atoms with van der Waals surface area (Å²) in [5.74, 6) is -0.494. The predicted octanol–water partition coefficient (Wildman–Crippen LogP) is 6.26. The first-order valence-electron chi connectivity index (χ1n) is 15.5. The van der Waals surface area contributed by atoms with E-state index in [0.29, 0.717) is 6.61 Å². The molecule has 0 amide bonds. The molecule has 0 aliphatic carbocycles. The fourth-order valence-electron chi connectivity index (χ4n) is 5.45. The van der Waals surface area contributed by atoms with Crippen molar-refractivity contribution in [3.8, 4) is 0 Å². The summed E-state index contributed by atoms with van der Waals surface area (Å²) < 4.78 is 44.5. The minimum absolute atomic E-state index is 0.164. The van der Waals surface area contributed by atoms with Crippen molar-refractivity contribution in [3.05, 3.63) is 144 Å². The summed E-state index contributed by atoms with van der Waals surface area (Å²) >= 11 is 0. The topological polar surface area (TPSA) is 81.7 Å². The van der Waals surface area contributed by atoms with Gasteiger partial charge in [0.2, 0.25) is 0 Å². The standard InChI is InChI=1S/C38H42O8/c1-28(39)45-37-36(44-26-32-21-13-6-14-22-32)35(43-25-31-19-11-5-12-20-31)34(42-24-30-17-9-4-10-18-30)33(46-38(37)40-2)27-41-23-29-15-7-3-8-16-29/h3-22,33-38H,23-27H2,1-2H3/t33-,34+,35+,36-,37-,38-/m1/s1. The number of carbonyl (C=O) groups is 1. The second-order valence-corrected chi connectivity index (χ2v) is 11.1. The van der Waals surface area contributed by atoms with E-state index in [9.17, 15) is 4.79 Å². The molecule has 1 saturated heterocycles. The number of esters is 1. The van der Waals surface area contributed by atoms with Gasteiger partial charge < -0.3 is 33.2 Å². The van der Waals surface area contributed by atoms with Gasteiger partial charge in [-0.25, -0.2) is 0 Å². The van der Waals surface area contributed by atoms with Gasteiger partial charge in [0.15, 0.2) is 12.4 Å². The molecule has 0 saturated carbocycles. The zero-order valence-electron chi connectivity index (χ0n) is 26.3. The van der Waals surface area contributed by atoms with Crippen molar-refractivity contribution in [3.63, 3.8) is 0 Å². The summed E-state index contributed by atoms with van der Waals surface area (Å²) in [4.78, 5) is 12.5. The lowest BCUT2D eigenvalue weighted by atomic mass is 9.99. The molecule has 6 atom stereocenters. The van der Waals surface area contributed by atoms with E-state index in [-0.39, 0.29) is 26.4 Å². The van der Waals surface area contributed by atoms with Crippen molar-refractivity contribution in [2.75, 3.05) is 13.7 Å². The first-order chi connectivity index (χ1) is 22.6. The summed E-state index contributed by atoms with van der Waals surface area (Å²) in [6, 6.07) is 39.5. The van der Waals surface area contributed by atoms with E-state index in [1.165, 1.54) is 14.0 Å². The second-order valence-electron chi connectivity index (χ2n) is 11.1. The molecule has 5 rings (SSSR count). The maximum absolute atomic E-state index is 12.5. The lowest BCUT2D eigenvalue weighted by Crippen LogP contribution is -2.52. The van der Waals surface area contributed by atoms with Gasteiger partial charge in [-0.1, -0.05) is 121 Å². The molecule has 8 nitrogen and oxygen atoms in total. The largest absolute Gasteiger partial charge is 0.454 e. The van der Waals surface area contributed by atoms with Gasteiger partial charge >= 0.3 is 5.97 Å². The molecule has 1 aliphatic rings. The zero-order chi connectivity index (χ0) is 32.0. The molecule has 4 aromatic rings. The Morgan fingerprint density at radius 2 is 0.957 bits per heavy atom. The van der Waals surface area contributed by atoms with Crippen LogP contribution in [-0.4, -0.2) is 56.5 Å². The van der Waals surface area contributed by atoms with Crippen molar-refractivity contribution in [1.29, 1.82) is 0 Å². The van der Waals surface area contributed by atoms with E-state index in [1.54, 1.807) is 0 Å². The first-order valence-corrected chi connectivity index (χ1v) is 15.5. The molecule has 0 spiro atoms. The van der Waals surface area contributed by atoms with Gasteiger partial charge in [0, 0.05) is 14.0 Å². The van der Waals surface area contributed by atoms with Crippen LogP contribution >= 0.6 is 0 Å². The van der Waals surface area contributed by atoms with Crippen LogP contribution in [0.2, 0.25) is 0 Å². The minimum Gasteiger partial charge on any atom is -0.454 e. The normalized spacial score (nSPS) is 23.0. The van der Waals surface area contributed by atoms with Crippen LogP contribution in [0.15, 0.2) is 121 Å². The maximum Gasteiger partial charge on any atom is 0.303 e. The first kappa shape index (κ1) is 33.5. The van der Waals surface area contributed by atoms with Gasteiger partial charge in [-0.05, 0) is 22.3 Å². The van der Waals surface area contributed by atoms with E-state index in [1.807, 2.05) is 121 Å². The Balaban J connectivity index is 1.50. The SMILES string of the molecule is CO[C@@H]1O[C@H](COCc2ccccc2)[C@H](OCc2ccccc2)[C@H](OCc2ccccc2)[C@@H](OCc2ccccc2)[C@H]1OC(C)=O. The Morgan fingerprint density at radius 3 is 1.37 bits per heavy atom. The molecule has 1 fully saturated rings. The Kier molecular flexibility index (Phi) is 12.9. The van der Waals surface area contributed by atoms with Crippen LogP contribution in [0.3, 0.4) is 0 Å². The predicted molar refractivity (Wildman–Crippen MR) is 172 cm³/mol. The van der Waals surface area contributed by atoms with Crippen LogP contribution in [-0.2, 0) is 64.4 Å². The molecule has 1 heterocycles. The van der Waals surface area contributed by atoms with Crippen LogP contribution in [0.4, 0.5) is 0 Å². The number of methoxy groups -OCH3 is 1. The van der Waals surface area contributed by atoms with Crippen molar-refractivity contribution in [1.82, 2.24) is 0 Å². The van der Waals surface area contributed by atoms with Crippen LogP contribution in [0.1, 0.15) is 29.2 Å². The molecule has 0 radical (unpaired) electrons. The number of ether oxygens (including phenoxy) is 7. The lowest BCUT2D eigenvalue weighted by molar-refractivity contribution is -0.239. The molecule has 1 aliphatic heterocycles. The third-order valence-electron chi connectivity index (χ3n) is 7.70. The highest BCUT2D eigenvalue weighted by molar-refractivity contribution is 5.66. The molecule has 0 unspecified atom stereocenters. The van der Waals surface area contributed by atoms with Crippen molar-refractivity contribution in [2.24, 2.45) is 0 Å². The van der Waals surface area contributed by atoms with E-state index >= 15 is 0 Å². The van der Waals surface area contributed by atoms with E-state index in [4.69, 9.17) is 33.2 Å². The molecule has 242 valence electrons. The molecule has 0 N–H and O–H groups in total. The third kappa shape index (κ3) is 9.80. The summed E-state index contributed by atoms with van der Waals surface area (Å²) in [6.45, 7) is 2.69. The average Bonchev–Trinajstić information content (AvgIpc) is 3.20. The minimum atomic E-state index is -0.983. The Morgan fingerprint density at radius 1 is 0.565 bits per heavy atom. The fraction of sp³-hybridized carbons (Fsp3) is 0.342. The van der Waals surface area contributed by atoms with Crippen LogP contribution in [0.25, 0.3) is 0 Å². The van der Waals surface area contributed by atoms with Crippen LogP contribution < -0.4 is 0 Å². The Hall–Kier alpha value is -3.89. The maximum atomic E-state index is 12.5. The van der Waals surface area contributed by atoms with Crippen molar-refractivity contribution < 1.29 is 38.0 Å². The Labute approximate surface area is 271 Å². The van der Waals surface area contributed by atoms with Gasteiger partial charge in [-0.15, -0.1) is 0 Å². The van der Waals surface area contributed by atoms with Crippen LogP contribution in [0.5, 0.6) is 0 Å². The highest BCUT2D eigenvalue weighted by atomic mass is 16.7. The highest BCUT2D eigenvalue weighted by Gasteiger charge is 2.51. The number of hydrogen-bond donors (Lipinski definition) is 0. The molecule has 4 aromatic carbocycles. The number of hydrogen-bond acceptors (Lipinski definition) is 8. The van der Waals surface area contributed by atoms with Crippen molar-refractivity contribution in [2.45, 2.75) is 70.2 Å². The van der Waals surface area contributed by atoms with Crippen LogP contribution in [0, 0.1) is 0 Å². The lowest BCUT2D eigenvalue weighted by Gasteiger charge is -2.36. The summed E-state index contributed by atoms with van der Waals surface area (Å²) in [5.41, 5.74) is 3.94. The molecule has 46 heavy (non-hydrogen) atoms. The second kappa shape index (κ2) is 17.7. The monoisotopic (exact) mass is 626 g/mol. The average molecular weight is 627 g/mol. The van der Waals surface area contributed by atoms with Crippen molar-refractivity contribution >= 4 is 5.97 Å². The van der Waals surface area contributed by atoms with E-state index in [2.05, 4.69) is 0 Å². The molecule has 8 heteroatoms. The van der Waals surface area contributed by atoms with Gasteiger partial charge in [0.1, 0.15) is 24.4 Å².